The Morgan fingerprint density at radius 3 is 2.31 bits per heavy atom. The van der Waals surface area contributed by atoms with Crippen LogP contribution in [0.15, 0.2) is 88.1 Å². The van der Waals surface area contributed by atoms with E-state index in [1.54, 1.807) is 35.1 Å². The molecule has 0 N–H and O–H groups in total. The number of rotatable bonds is 3. The molecule has 0 fully saturated rings. The largest absolute Gasteiger partial charge is 0.464 e. The number of carbonyl (C=O) groups is 2. The standard InChI is InChI=1S/C26H22N2O4/c1-17-16-27(26(30)25-9-5-13-32-25)23-15-20(10-11-22(23)28(17)18(2)29)19-6-3-7-21(14-19)24-8-4-12-31-24/h3-15,17H,16H2,1-2H3/t17-/m0/s1. The van der Waals surface area contributed by atoms with E-state index in [-0.39, 0.29) is 23.6 Å². The third-order valence-corrected chi connectivity index (χ3v) is 5.73. The van der Waals surface area contributed by atoms with Crippen LogP contribution in [-0.2, 0) is 4.79 Å². The van der Waals surface area contributed by atoms with Gasteiger partial charge in [-0.15, -0.1) is 0 Å². The van der Waals surface area contributed by atoms with Gasteiger partial charge >= 0.3 is 0 Å². The third kappa shape index (κ3) is 3.39. The van der Waals surface area contributed by atoms with E-state index < -0.39 is 0 Å². The van der Waals surface area contributed by atoms with E-state index in [4.69, 9.17) is 8.83 Å². The van der Waals surface area contributed by atoms with Crippen molar-refractivity contribution in [1.29, 1.82) is 0 Å². The molecule has 1 atom stereocenters. The van der Waals surface area contributed by atoms with Gasteiger partial charge in [-0.05, 0) is 60.5 Å². The summed E-state index contributed by atoms with van der Waals surface area (Å²) in [6.07, 6.45) is 3.14. The first-order valence-electron chi connectivity index (χ1n) is 10.5. The number of fused-ring (bicyclic) bond motifs is 1. The number of amides is 2. The second kappa shape index (κ2) is 7.89. The van der Waals surface area contributed by atoms with Gasteiger partial charge in [0.15, 0.2) is 5.76 Å². The van der Waals surface area contributed by atoms with Gasteiger partial charge in [0.2, 0.25) is 5.91 Å². The van der Waals surface area contributed by atoms with Crippen molar-refractivity contribution in [3.05, 3.63) is 85.0 Å². The molecule has 6 heteroatoms. The van der Waals surface area contributed by atoms with Crippen LogP contribution in [-0.4, -0.2) is 24.4 Å². The molecule has 2 aromatic carbocycles. The number of hydrogen-bond acceptors (Lipinski definition) is 4. The molecule has 2 amide bonds. The number of anilines is 2. The molecule has 5 rings (SSSR count). The summed E-state index contributed by atoms with van der Waals surface area (Å²) in [7, 11) is 0. The third-order valence-electron chi connectivity index (χ3n) is 5.73. The summed E-state index contributed by atoms with van der Waals surface area (Å²) in [5, 5.41) is 0. The fourth-order valence-corrected chi connectivity index (χ4v) is 4.30. The van der Waals surface area contributed by atoms with Crippen LogP contribution in [0.25, 0.3) is 22.5 Å². The van der Waals surface area contributed by atoms with Crippen LogP contribution in [0.5, 0.6) is 0 Å². The Morgan fingerprint density at radius 1 is 0.844 bits per heavy atom. The van der Waals surface area contributed by atoms with E-state index >= 15 is 0 Å². The zero-order valence-electron chi connectivity index (χ0n) is 17.8. The molecule has 32 heavy (non-hydrogen) atoms. The summed E-state index contributed by atoms with van der Waals surface area (Å²) in [6.45, 7) is 3.86. The number of nitrogens with zero attached hydrogens (tertiary/aromatic N) is 2. The van der Waals surface area contributed by atoms with E-state index in [1.807, 2.05) is 61.5 Å². The zero-order chi connectivity index (χ0) is 22.2. The maximum Gasteiger partial charge on any atom is 0.294 e. The van der Waals surface area contributed by atoms with Gasteiger partial charge in [0.1, 0.15) is 5.76 Å². The number of carbonyl (C=O) groups excluding carboxylic acids is 2. The Hall–Kier alpha value is -4.06. The van der Waals surface area contributed by atoms with Crippen molar-refractivity contribution in [2.45, 2.75) is 19.9 Å². The van der Waals surface area contributed by atoms with Crippen LogP contribution in [0.4, 0.5) is 11.4 Å². The lowest BCUT2D eigenvalue weighted by atomic mass is 9.98. The Labute approximate surface area is 185 Å². The summed E-state index contributed by atoms with van der Waals surface area (Å²) >= 11 is 0. The molecule has 0 radical (unpaired) electrons. The van der Waals surface area contributed by atoms with E-state index in [0.29, 0.717) is 17.9 Å². The zero-order valence-corrected chi connectivity index (χ0v) is 17.8. The molecule has 1 aliphatic heterocycles. The fourth-order valence-electron chi connectivity index (χ4n) is 4.30. The molecule has 160 valence electrons. The molecule has 0 unspecified atom stereocenters. The first-order valence-corrected chi connectivity index (χ1v) is 10.5. The number of hydrogen-bond donors (Lipinski definition) is 0. The van der Waals surface area contributed by atoms with E-state index in [1.165, 1.54) is 6.26 Å². The second-order valence-electron chi connectivity index (χ2n) is 7.89. The molecule has 0 saturated heterocycles. The maximum absolute atomic E-state index is 13.2. The molecule has 6 nitrogen and oxygen atoms in total. The van der Waals surface area contributed by atoms with Gasteiger partial charge in [-0.3, -0.25) is 9.59 Å². The topological polar surface area (TPSA) is 66.9 Å². The first-order chi connectivity index (χ1) is 15.5. The fraction of sp³-hybridized carbons (Fsp3) is 0.154. The average Bonchev–Trinajstić information content (AvgIpc) is 3.52. The number of benzene rings is 2. The Balaban J connectivity index is 1.61. The van der Waals surface area contributed by atoms with Crippen LogP contribution in [0, 0.1) is 0 Å². The van der Waals surface area contributed by atoms with Gasteiger partial charge < -0.3 is 18.6 Å². The molecule has 1 aliphatic rings. The van der Waals surface area contributed by atoms with Crippen molar-refractivity contribution >= 4 is 23.2 Å². The van der Waals surface area contributed by atoms with Crippen LogP contribution in [0.1, 0.15) is 24.4 Å². The highest BCUT2D eigenvalue weighted by atomic mass is 16.3. The summed E-state index contributed by atoms with van der Waals surface area (Å²) in [4.78, 5) is 29.1. The van der Waals surface area contributed by atoms with Crippen LogP contribution in [0.2, 0.25) is 0 Å². The monoisotopic (exact) mass is 426 g/mol. The van der Waals surface area contributed by atoms with Gasteiger partial charge in [-0.25, -0.2) is 0 Å². The van der Waals surface area contributed by atoms with Gasteiger partial charge in [0.05, 0.1) is 29.9 Å². The van der Waals surface area contributed by atoms with Gasteiger partial charge in [-0.2, -0.15) is 0 Å². The molecule has 0 bridgehead atoms. The van der Waals surface area contributed by atoms with Crippen molar-refractivity contribution in [3.63, 3.8) is 0 Å². The van der Waals surface area contributed by atoms with Crippen molar-refractivity contribution in [1.82, 2.24) is 0 Å². The number of furan rings is 2. The smallest absolute Gasteiger partial charge is 0.294 e. The minimum atomic E-state index is -0.229. The molecule has 0 saturated carbocycles. The lowest BCUT2D eigenvalue weighted by Crippen LogP contribution is -2.51. The molecule has 4 aromatic rings. The summed E-state index contributed by atoms with van der Waals surface area (Å²) in [5.74, 6) is 0.768. The molecular formula is C26H22N2O4. The quantitative estimate of drug-likeness (QED) is 0.427. The van der Waals surface area contributed by atoms with Gasteiger partial charge in [0.25, 0.3) is 5.91 Å². The highest BCUT2D eigenvalue weighted by Gasteiger charge is 2.35. The van der Waals surface area contributed by atoms with Crippen LogP contribution < -0.4 is 9.80 Å². The van der Waals surface area contributed by atoms with E-state index in [0.717, 1.165) is 22.5 Å². The maximum atomic E-state index is 13.2. The highest BCUT2D eigenvalue weighted by molar-refractivity contribution is 6.10. The van der Waals surface area contributed by atoms with Crippen molar-refractivity contribution in [2.24, 2.45) is 0 Å². The van der Waals surface area contributed by atoms with Crippen molar-refractivity contribution < 1.29 is 18.4 Å². The Bertz CT molecular complexity index is 1280. The summed E-state index contributed by atoms with van der Waals surface area (Å²) in [6, 6.07) is 20.8. The predicted molar refractivity (Wildman–Crippen MR) is 123 cm³/mol. The van der Waals surface area contributed by atoms with Crippen LogP contribution >= 0.6 is 0 Å². The SMILES string of the molecule is CC(=O)N1c2ccc(-c3cccc(-c4ccco4)c3)cc2N(C(=O)c2ccco2)C[C@@H]1C. The second-order valence-corrected chi connectivity index (χ2v) is 7.89. The van der Waals surface area contributed by atoms with Gasteiger partial charge in [0, 0.05) is 19.0 Å². The van der Waals surface area contributed by atoms with Crippen LogP contribution in [0.3, 0.4) is 0 Å². The first kappa shape index (κ1) is 19.9. The highest BCUT2D eigenvalue weighted by Crippen LogP contribution is 2.40. The lowest BCUT2D eigenvalue weighted by Gasteiger charge is -2.40. The predicted octanol–water partition coefficient (Wildman–Crippen LogP) is 5.61. The molecule has 3 heterocycles. The summed E-state index contributed by atoms with van der Waals surface area (Å²) in [5.41, 5.74) is 4.28. The average molecular weight is 426 g/mol. The normalized spacial score (nSPS) is 15.5. The molecule has 0 aliphatic carbocycles. The minimum absolute atomic E-state index is 0.0589. The van der Waals surface area contributed by atoms with Gasteiger partial charge in [-0.1, -0.05) is 24.3 Å². The molecule has 2 aromatic heterocycles. The van der Waals surface area contributed by atoms with E-state index in [9.17, 15) is 9.59 Å². The Kier molecular flexibility index (Phi) is 4.90. The Morgan fingerprint density at radius 2 is 1.59 bits per heavy atom. The molecular weight excluding hydrogens is 404 g/mol. The van der Waals surface area contributed by atoms with E-state index in [2.05, 4.69) is 0 Å². The minimum Gasteiger partial charge on any atom is -0.464 e. The lowest BCUT2D eigenvalue weighted by molar-refractivity contribution is -0.117. The van der Waals surface area contributed by atoms with Crippen molar-refractivity contribution in [2.75, 3.05) is 16.3 Å². The summed E-state index contributed by atoms with van der Waals surface area (Å²) < 4.78 is 10.9. The van der Waals surface area contributed by atoms with Crippen molar-refractivity contribution in [3.8, 4) is 22.5 Å². The molecule has 0 spiro atoms.